The van der Waals surface area contributed by atoms with Crippen LogP contribution in [0, 0.1) is 13.8 Å². The first-order valence-electron chi connectivity index (χ1n) is 12.4. The molecule has 0 saturated carbocycles. The third kappa shape index (κ3) is 6.07. The fourth-order valence-corrected chi connectivity index (χ4v) is 4.90. The lowest BCUT2D eigenvalue weighted by Gasteiger charge is -2.16. The Bertz CT molecular complexity index is 1410. The smallest absolute Gasteiger partial charge is 0.305 e. The van der Waals surface area contributed by atoms with Gasteiger partial charge in [-0.2, -0.15) is 0 Å². The molecule has 1 aromatic heterocycles. The van der Waals surface area contributed by atoms with Gasteiger partial charge in [-0.15, -0.1) is 0 Å². The van der Waals surface area contributed by atoms with Gasteiger partial charge in [0.25, 0.3) is 5.91 Å². The molecule has 0 saturated heterocycles. The average molecular weight is 501 g/mol. The van der Waals surface area contributed by atoms with Crippen LogP contribution in [0.4, 0.5) is 5.69 Å². The van der Waals surface area contributed by atoms with E-state index in [4.69, 9.17) is 5.11 Å². The molecule has 192 valence electrons. The maximum atomic E-state index is 13.6. The number of aromatic nitrogens is 1. The lowest BCUT2D eigenvalue weighted by molar-refractivity contribution is -0.139. The summed E-state index contributed by atoms with van der Waals surface area (Å²) in [6.45, 7) is 4.27. The number of aliphatic hydroxyl groups excluding tert-OH is 2. The predicted octanol–water partition coefficient (Wildman–Crippen LogP) is 5.15. The maximum Gasteiger partial charge on any atom is 0.305 e. The van der Waals surface area contributed by atoms with Gasteiger partial charge in [-0.25, -0.2) is 0 Å². The molecule has 4 N–H and O–H groups in total. The summed E-state index contributed by atoms with van der Waals surface area (Å²) < 4.78 is 2.01. The number of anilines is 1. The number of carbonyl (C=O) groups is 2. The number of hydrogen-bond acceptors (Lipinski definition) is 4. The van der Waals surface area contributed by atoms with E-state index in [0.29, 0.717) is 24.2 Å². The zero-order valence-electron chi connectivity index (χ0n) is 21.0. The number of carbonyl (C=O) groups excluding carboxylic acids is 1. The van der Waals surface area contributed by atoms with Gasteiger partial charge in [-0.3, -0.25) is 9.59 Å². The second-order valence-corrected chi connectivity index (χ2v) is 9.38. The van der Waals surface area contributed by atoms with Crippen LogP contribution in [0.5, 0.6) is 0 Å². The second-order valence-electron chi connectivity index (χ2n) is 9.38. The molecule has 0 fully saturated rings. The fourth-order valence-electron chi connectivity index (χ4n) is 4.90. The first-order chi connectivity index (χ1) is 17.7. The van der Waals surface area contributed by atoms with Crippen LogP contribution in [0.3, 0.4) is 0 Å². The van der Waals surface area contributed by atoms with Crippen LogP contribution >= 0.6 is 0 Å². The molecule has 4 aromatic rings. The Morgan fingerprint density at radius 2 is 1.54 bits per heavy atom. The van der Waals surface area contributed by atoms with Gasteiger partial charge in [0.2, 0.25) is 0 Å². The largest absolute Gasteiger partial charge is 0.481 e. The van der Waals surface area contributed by atoms with Crippen LogP contribution in [-0.2, 0) is 11.3 Å². The van der Waals surface area contributed by atoms with Crippen LogP contribution < -0.4 is 5.32 Å². The SMILES string of the molecule is Cc1c(C(=O)Nc2ccccc2)c(-c2ccc3ccccc3c2)c(C)n1CC[C@@H](O)C[C@@H](O)CC(=O)O. The minimum Gasteiger partial charge on any atom is -0.481 e. The number of nitrogens with one attached hydrogen (secondary N) is 1. The highest BCUT2D eigenvalue weighted by atomic mass is 16.4. The summed E-state index contributed by atoms with van der Waals surface area (Å²) >= 11 is 0. The topological polar surface area (TPSA) is 112 Å². The zero-order chi connectivity index (χ0) is 26.5. The van der Waals surface area contributed by atoms with E-state index >= 15 is 0 Å². The molecule has 1 heterocycles. The Hall–Kier alpha value is -3.94. The van der Waals surface area contributed by atoms with Gasteiger partial charge in [0.05, 0.1) is 24.2 Å². The fraction of sp³-hybridized carbons (Fsp3) is 0.267. The van der Waals surface area contributed by atoms with E-state index < -0.39 is 24.6 Å². The van der Waals surface area contributed by atoms with Crippen molar-refractivity contribution >= 4 is 28.3 Å². The number of carboxylic acids is 1. The van der Waals surface area contributed by atoms with Crippen molar-refractivity contribution in [2.75, 3.05) is 5.32 Å². The average Bonchev–Trinajstić information content (AvgIpc) is 3.11. The quantitative estimate of drug-likeness (QED) is 0.241. The van der Waals surface area contributed by atoms with Crippen molar-refractivity contribution in [2.45, 2.75) is 51.9 Å². The van der Waals surface area contributed by atoms with Crippen molar-refractivity contribution < 1.29 is 24.9 Å². The van der Waals surface area contributed by atoms with Crippen molar-refractivity contribution in [1.29, 1.82) is 0 Å². The van der Waals surface area contributed by atoms with Gasteiger partial charge in [0, 0.05) is 29.2 Å². The second kappa shape index (κ2) is 11.4. The van der Waals surface area contributed by atoms with Gasteiger partial charge in [-0.1, -0.05) is 54.6 Å². The summed E-state index contributed by atoms with van der Waals surface area (Å²) in [7, 11) is 0. The normalized spacial score (nSPS) is 12.9. The number of para-hydroxylation sites is 1. The Morgan fingerprint density at radius 1 is 0.865 bits per heavy atom. The Labute approximate surface area is 216 Å². The van der Waals surface area contributed by atoms with E-state index in [-0.39, 0.29) is 12.3 Å². The number of fused-ring (bicyclic) bond motifs is 1. The van der Waals surface area contributed by atoms with Crippen LogP contribution in [0.2, 0.25) is 0 Å². The lowest BCUT2D eigenvalue weighted by Crippen LogP contribution is -2.22. The van der Waals surface area contributed by atoms with Crippen molar-refractivity contribution in [2.24, 2.45) is 0 Å². The summed E-state index contributed by atoms with van der Waals surface area (Å²) in [5.41, 5.74) is 4.68. The number of hydrogen-bond donors (Lipinski definition) is 4. The molecule has 0 aliphatic rings. The molecule has 4 rings (SSSR count). The van der Waals surface area contributed by atoms with Crippen LogP contribution in [0.25, 0.3) is 21.9 Å². The minimum absolute atomic E-state index is 0.0233. The predicted molar refractivity (Wildman–Crippen MR) is 145 cm³/mol. The van der Waals surface area contributed by atoms with Gasteiger partial charge in [-0.05, 0) is 61.2 Å². The van der Waals surface area contributed by atoms with Gasteiger partial charge in [0.15, 0.2) is 0 Å². The highest BCUT2D eigenvalue weighted by Gasteiger charge is 2.25. The van der Waals surface area contributed by atoms with Crippen LogP contribution in [0.1, 0.15) is 41.0 Å². The summed E-state index contributed by atoms with van der Waals surface area (Å²) in [6, 6.07) is 23.5. The molecule has 0 bridgehead atoms. The number of nitrogens with zero attached hydrogens (tertiary/aromatic N) is 1. The zero-order valence-corrected chi connectivity index (χ0v) is 21.0. The summed E-state index contributed by atoms with van der Waals surface area (Å²) in [5.74, 6) is -1.32. The Morgan fingerprint density at radius 3 is 2.24 bits per heavy atom. The van der Waals surface area contributed by atoms with E-state index in [1.165, 1.54) is 0 Å². The highest BCUT2D eigenvalue weighted by molar-refractivity contribution is 6.10. The third-order valence-electron chi connectivity index (χ3n) is 6.72. The van der Waals surface area contributed by atoms with Crippen molar-refractivity contribution in [3.8, 4) is 11.1 Å². The van der Waals surface area contributed by atoms with Crippen molar-refractivity contribution in [3.63, 3.8) is 0 Å². The minimum atomic E-state index is -1.11. The number of aliphatic hydroxyl groups is 2. The van der Waals surface area contributed by atoms with Crippen molar-refractivity contribution in [1.82, 2.24) is 4.57 Å². The molecule has 0 spiro atoms. The van der Waals surface area contributed by atoms with Crippen LogP contribution in [0.15, 0.2) is 72.8 Å². The summed E-state index contributed by atoms with van der Waals surface area (Å²) in [5, 5.41) is 34.4. The molecular formula is C30H32N2O5. The van der Waals surface area contributed by atoms with E-state index in [2.05, 4.69) is 11.4 Å². The molecule has 1 amide bonds. The number of rotatable bonds is 10. The first kappa shape index (κ1) is 26.1. The summed E-state index contributed by atoms with van der Waals surface area (Å²) in [6.07, 6.45) is -2.11. The van der Waals surface area contributed by atoms with Gasteiger partial charge < -0.3 is 25.2 Å². The number of carboxylic acid groups (broad SMARTS) is 1. The Balaban J connectivity index is 1.69. The number of amides is 1. The molecule has 0 radical (unpaired) electrons. The molecule has 0 aliphatic heterocycles. The molecule has 7 heteroatoms. The van der Waals surface area contributed by atoms with E-state index in [0.717, 1.165) is 33.3 Å². The molecular weight excluding hydrogens is 468 g/mol. The molecule has 3 aromatic carbocycles. The molecule has 7 nitrogen and oxygen atoms in total. The van der Waals surface area contributed by atoms with Gasteiger partial charge in [0.1, 0.15) is 0 Å². The molecule has 0 aliphatic carbocycles. The standard InChI is InChI=1S/C30H32N2O5/c1-19-28(23-13-12-21-8-6-7-9-22(21)16-23)29(30(37)31-24-10-4-3-5-11-24)20(2)32(19)15-14-25(33)17-26(34)18-27(35)36/h3-13,16,25-26,33-34H,14-15,17-18H2,1-2H3,(H,31,37)(H,35,36)/t25-,26-/m1/s1. The molecule has 0 unspecified atom stereocenters. The number of aliphatic carboxylic acids is 1. The molecule has 37 heavy (non-hydrogen) atoms. The van der Waals surface area contributed by atoms with E-state index in [9.17, 15) is 19.8 Å². The molecule has 2 atom stereocenters. The highest BCUT2D eigenvalue weighted by Crippen LogP contribution is 2.35. The van der Waals surface area contributed by atoms with Crippen LogP contribution in [-0.4, -0.2) is 44.0 Å². The monoisotopic (exact) mass is 500 g/mol. The van der Waals surface area contributed by atoms with E-state index in [1.54, 1.807) is 0 Å². The van der Waals surface area contributed by atoms with E-state index in [1.807, 2.05) is 85.1 Å². The van der Waals surface area contributed by atoms with Gasteiger partial charge >= 0.3 is 5.97 Å². The Kier molecular flexibility index (Phi) is 8.06. The first-order valence-corrected chi connectivity index (χ1v) is 12.4. The summed E-state index contributed by atoms with van der Waals surface area (Å²) in [4.78, 5) is 24.4. The number of benzene rings is 3. The third-order valence-corrected chi connectivity index (χ3v) is 6.72. The van der Waals surface area contributed by atoms with Crippen molar-refractivity contribution in [3.05, 3.63) is 89.7 Å². The lowest BCUT2D eigenvalue weighted by atomic mass is 9.97. The maximum absolute atomic E-state index is 13.6.